The van der Waals surface area contributed by atoms with Crippen LogP contribution in [0.25, 0.3) is 0 Å². The maximum absolute atomic E-state index is 8.63. The fourth-order valence-corrected chi connectivity index (χ4v) is 1.19. The Balaban J connectivity index is 2.68. The summed E-state index contributed by atoms with van der Waals surface area (Å²) in [6.45, 7) is 2.93. The Hall–Kier alpha value is -1.02. The third kappa shape index (κ3) is 2.24. The van der Waals surface area contributed by atoms with Gasteiger partial charge in [0.1, 0.15) is 0 Å². The van der Waals surface area contributed by atoms with Gasteiger partial charge in [0.05, 0.1) is 6.61 Å². The standard InChI is InChI=1S/C10H15NO/c1-2-9-5-3-4-6-10(9)11-7-8-12/h3-6,11-12H,2,7-8H2,1H3. The van der Waals surface area contributed by atoms with E-state index >= 15 is 0 Å². The molecule has 0 amide bonds. The van der Waals surface area contributed by atoms with Gasteiger partial charge in [-0.15, -0.1) is 0 Å². The number of hydrogen-bond donors (Lipinski definition) is 2. The summed E-state index contributed by atoms with van der Waals surface area (Å²) in [4.78, 5) is 0. The van der Waals surface area contributed by atoms with Gasteiger partial charge >= 0.3 is 0 Å². The minimum absolute atomic E-state index is 0.179. The zero-order valence-electron chi connectivity index (χ0n) is 7.38. The van der Waals surface area contributed by atoms with E-state index < -0.39 is 0 Å². The SMILES string of the molecule is CCc1ccccc1NCCO. The lowest BCUT2D eigenvalue weighted by molar-refractivity contribution is 0.311. The van der Waals surface area contributed by atoms with Crippen LogP contribution in [0.15, 0.2) is 24.3 Å². The van der Waals surface area contributed by atoms with Crippen molar-refractivity contribution in [3.8, 4) is 0 Å². The van der Waals surface area contributed by atoms with Gasteiger partial charge in [0.2, 0.25) is 0 Å². The van der Waals surface area contributed by atoms with E-state index in [0.717, 1.165) is 12.1 Å². The maximum Gasteiger partial charge on any atom is 0.0604 e. The van der Waals surface area contributed by atoms with E-state index in [1.54, 1.807) is 0 Å². The van der Waals surface area contributed by atoms with E-state index in [-0.39, 0.29) is 6.61 Å². The molecule has 0 bridgehead atoms. The average Bonchev–Trinajstić information content (AvgIpc) is 2.15. The Morgan fingerprint density at radius 2 is 2.08 bits per heavy atom. The Bertz CT molecular complexity index is 235. The molecule has 2 N–H and O–H groups in total. The number of aliphatic hydroxyl groups excluding tert-OH is 1. The number of para-hydroxylation sites is 1. The summed E-state index contributed by atoms with van der Waals surface area (Å²) >= 11 is 0. The average molecular weight is 165 g/mol. The number of anilines is 1. The summed E-state index contributed by atoms with van der Waals surface area (Å²) in [5.74, 6) is 0. The molecule has 0 saturated heterocycles. The zero-order valence-corrected chi connectivity index (χ0v) is 7.38. The van der Waals surface area contributed by atoms with Crippen LogP contribution >= 0.6 is 0 Å². The zero-order chi connectivity index (χ0) is 8.81. The second-order valence-corrected chi connectivity index (χ2v) is 2.66. The van der Waals surface area contributed by atoms with Crippen molar-refractivity contribution in [1.82, 2.24) is 0 Å². The Morgan fingerprint density at radius 3 is 2.75 bits per heavy atom. The quantitative estimate of drug-likeness (QED) is 0.711. The molecule has 0 spiro atoms. The first-order valence-corrected chi connectivity index (χ1v) is 4.31. The lowest BCUT2D eigenvalue weighted by atomic mass is 10.1. The first-order chi connectivity index (χ1) is 5.88. The summed E-state index contributed by atoms with van der Waals surface area (Å²) in [5, 5.41) is 11.8. The maximum atomic E-state index is 8.63. The van der Waals surface area contributed by atoms with Gasteiger partial charge in [0.15, 0.2) is 0 Å². The summed E-state index contributed by atoms with van der Waals surface area (Å²) in [7, 11) is 0. The van der Waals surface area contributed by atoms with Crippen molar-refractivity contribution in [3.05, 3.63) is 29.8 Å². The minimum Gasteiger partial charge on any atom is -0.395 e. The van der Waals surface area contributed by atoms with Crippen molar-refractivity contribution in [1.29, 1.82) is 0 Å². The first-order valence-electron chi connectivity index (χ1n) is 4.31. The largest absolute Gasteiger partial charge is 0.395 e. The van der Waals surface area contributed by atoms with Crippen LogP contribution in [-0.4, -0.2) is 18.3 Å². The number of benzene rings is 1. The van der Waals surface area contributed by atoms with Crippen molar-refractivity contribution >= 4 is 5.69 Å². The Kier molecular flexibility index (Phi) is 3.61. The number of hydrogen-bond acceptors (Lipinski definition) is 2. The van der Waals surface area contributed by atoms with E-state index in [9.17, 15) is 0 Å². The van der Waals surface area contributed by atoms with Crippen molar-refractivity contribution in [3.63, 3.8) is 0 Å². The predicted octanol–water partition coefficient (Wildman–Crippen LogP) is 1.65. The van der Waals surface area contributed by atoms with Gasteiger partial charge in [0.25, 0.3) is 0 Å². The molecule has 2 heteroatoms. The third-order valence-electron chi connectivity index (χ3n) is 1.83. The molecule has 0 radical (unpaired) electrons. The summed E-state index contributed by atoms with van der Waals surface area (Å²) in [6.07, 6.45) is 1.02. The molecule has 2 nitrogen and oxygen atoms in total. The lowest BCUT2D eigenvalue weighted by Gasteiger charge is -2.08. The monoisotopic (exact) mass is 165 g/mol. The Morgan fingerprint density at radius 1 is 1.33 bits per heavy atom. The number of aryl methyl sites for hydroxylation is 1. The van der Waals surface area contributed by atoms with Crippen LogP contribution in [0.4, 0.5) is 5.69 Å². The Labute approximate surface area is 73.2 Å². The van der Waals surface area contributed by atoms with E-state index in [4.69, 9.17) is 5.11 Å². The topological polar surface area (TPSA) is 32.3 Å². The molecule has 0 aliphatic rings. The number of nitrogens with one attached hydrogen (secondary N) is 1. The molecule has 1 aromatic carbocycles. The van der Waals surface area contributed by atoms with Crippen molar-refractivity contribution < 1.29 is 5.11 Å². The fraction of sp³-hybridized carbons (Fsp3) is 0.400. The molecule has 0 heterocycles. The summed E-state index contributed by atoms with van der Waals surface area (Å²) < 4.78 is 0. The molecule has 66 valence electrons. The van der Waals surface area contributed by atoms with Gasteiger partial charge in [-0.2, -0.15) is 0 Å². The molecule has 0 aliphatic heterocycles. The molecule has 12 heavy (non-hydrogen) atoms. The van der Waals surface area contributed by atoms with Gasteiger partial charge in [-0.1, -0.05) is 25.1 Å². The number of aliphatic hydroxyl groups is 1. The smallest absolute Gasteiger partial charge is 0.0604 e. The molecule has 0 atom stereocenters. The molecule has 1 aromatic rings. The number of rotatable bonds is 4. The van der Waals surface area contributed by atoms with E-state index in [1.807, 2.05) is 18.2 Å². The summed E-state index contributed by atoms with van der Waals surface area (Å²) in [5.41, 5.74) is 2.43. The molecule has 0 unspecified atom stereocenters. The molecule has 0 aliphatic carbocycles. The predicted molar refractivity (Wildman–Crippen MR) is 51.4 cm³/mol. The second-order valence-electron chi connectivity index (χ2n) is 2.66. The molecule has 0 fully saturated rings. The third-order valence-corrected chi connectivity index (χ3v) is 1.83. The van der Waals surface area contributed by atoms with Gasteiger partial charge < -0.3 is 10.4 Å². The highest BCUT2D eigenvalue weighted by Crippen LogP contribution is 2.14. The molecular weight excluding hydrogens is 150 g/mol. The van der Waals surface area contributed by atoms with Gasteiger partial charge in [-0.25, -0.2) is 0 Å². The molecule has 0 saturated carbocycles. The van der Waals surface area contributed by atoms with Crippen LogP contribution < -0.4 is 5.32 Å². The van der Waals surface area contributed by atoms with E-state index in [0.29, 0.717) is 6.54 Å². The van der Waals surface area contributed by atoms with Crippen LogP contribution in [0.1, 0.15) is 12.5 Å². The van der Waals surface area contributed by atoms with Crippen molar-refractivity contribution in [2.24, 2.45) is 0 Å². The lowest BCUT2D eigenvalue weighted by Crippen LogP contribution is -2.06. The highest BCUT2D eigenvalue weighted by molar-refractivity contribution is 5.50. The molecular formula is C10H15NO. The summed E-state index contributed by atoms with van der Waals surface area (Å²) in [6, 6.07) is 8.16. The first kappa shape index (κ1) is 9.07. The van der Waals surface area contributed by atoms with Gasteiger partial charge in [0, 0.05) is 12.2 Å². The second kappa shape index (κ2) is 4.78. The van der Waals surface area contributed by atoms with E-state index in [2.05, 4.69) is 18.3 Å². The van der Waals surface area contributed by atoms with Crippen LogP contribution in [-0.2, 0) is 6.42 Å². The molecule has 0 aromatic heterocycles. The van der Waals surface area contributed by atoms with Crippen LogP contribution in [0.5, 0.6) is 0 Å². The van der Waals surface area contributed by atoms with E-state index in [1.165, 1.54) is 5.56 Å². The van der Waals surface area contributed by atoms with Crippen LogP contribution in [0.2, 0.25) is 0 Å². The van der Waals surface area contributed by atoms with Gasteiger partial charge in [-0.05, 0) is 18.1 Å². The highest BCUT2D eigenvalue weighted by atomic mass is 16.3. The van der Waals surface area contributed by atoms with Gasteiger partial charge in [-0.3, -0.25) is 0 Å². The normalized spacial score (nSPS) is 9.83. The van der Waals surface area contributed by atoms with Crippen molar-refractivity contribution in [2.75, 3.05) is 18.5 Å². The highest BCUT2D eigenvalue weighted by Gasteiger charge is 1.96. The molecule has 1 rings (SSSR count). The fourth-order valence-electron chi connectivity index (χ4n) is 1.19. The van der Waals surface area contributed by atoms with Crippen LogP contribution in [0.3, 0.4) is 0 Å². The van der Waals surface area contributed by atoms with Crippen molar-refractivity contribution in [2.45, 2.75) is 13.3 Å². The van der Waals surface area contributed by atoms with Crippen LogP contribution in [0, 0.1) is 0 Å². The minimum atomic E-state index is 0.179.